The maximum Gasteiger partial charge on any atom is 0.306 e. The predicted octanol–water partition coefficient (Wildman–Crippen LogP) is 2.90. The second kappa shape index (κ2) is 9.26. The lowest BCUT2D eigenvalue weighted by Gasteiger charge is -2.20. The molecule has 0 saturated heterocycles. The number of esters is 1. The highest BCUT2D eigenvalue weighted by Crippen LogP contribution is 2.32. The summed E-state index contributed by atoms with van der Waals surface area (Å²) in [7, 11) is 1.29. The third kappa shape index (κ3) is 4.68. The van der Waals surface area contributed by atoms with Crippen molar-refractivity contribution in [3.63, 3.8) is 0 Å². The third-order valence-corrected chi connectivity index (χ3v) is 5.14. The summed E-state index contributed by atoms with van der Waals surface area (Å²) in [5.74, 6) is -1.11. The summed E-state index contributed by atoms with van der Waals surface area (Å²) >= 11 is 0. The average molecular weight is 408 g/mol. The van der Waals surface area contributed by atoms with Gasteiger partial charge in [-0.1, -0.05) is 12.1 Å². The van der Waals surface area contributed by atoms with E-state index in [2.05, 4.69) is 4.98 Å². The molecule has 30 heavy (non-hydrogen) atoms. The first-order valence-electron chi connectivity index (χ1n) is 9.58. The maximum absolute atomic E-state index is 13.4. The molecule has 0 aliphatic carbocycles. The SMILES string of the molecule is COC(=O)C[C@@H](c1ccncc1)c1c(O)cc(C)n(CCc2ccc(O)cc2)c1=O. The summed E-state index contributed by atoms with van der Waals surface area (Å²) < 4.78 is 6.40. The lowest BCUT2D eigenvalue weighted by Crippen LogP contribution is -2.29. The molecule has 1 aromatic carbocycles. The van der Waals surface area contributed by atoms with Gasteiger partial charge in [0.1, 0.15) is 11.5 Å². The van der Waals surface area contributed by atoms with E-state index >= 15 is 0 Å². The minimum atomic E-state index is -0.659. The first-order chi connectivity index (χ1) is 14.4. The summed E-state index contributed by atoms with van der Waals surface area (Å²) in [6, 6.07) is 11.8. The molecule has 2 N–H and O–H groups in total. The summed E-state index contributed by atoms with van der Waals surface area (Å²) in [5.41, 5.74) is 2.08. The van der Waals surface area contributed by atoms with Crippen LogP contribution < -0.4 is 5.56 Å². The molecule has 0 bridgehead atoms. The van der Waals surface area contributed by atoms with Crippen LogP contribution in [0.5, 0.6) is 11.5 Å². The molecule has 0 amide bonds. The molecule has 2 aromatic heterocycles. The number of nitrogens with zero attached hydrogens (tertiary/aromatic N) is 2. The Labute approximate surface area is 174 Å². The predicted molar refractivity (Wildman–Crippen MR) is 112 cm³/mol. The lowest BCUT2D eigenvalue weighted by molar-refractivity contribution is -0.140. The van der Waals surface area contributed by atoms with Crippen molar-refractivity contribution < 1.29 is 19.7 Å². The fraction of sp³-hybridized carbons (Fsp3) is 0.261. The number of ether oxygens (including phenoxy) is 1. The quantitative estimate of drug-likeness (QED) is 0.583. The molecule has 0 spiro atoms. The van der Waals surface area contributed by atoms with Crippen LogP contribution in [-0.4, -0.2) is 32.8 Å². The van der Waals surface area contributed by atoms with Crippen LogP contribution in [0.1, 0.15) is 34.7 Å². The zero-order valence-corrected chi connectivity index (χ0v) is 16.9. The summed E-state index contributed by atoms with van der Waals surface area (Å²) in [6.07, 6.45) is 3.65. The Morgan fingerprint density at radius 3 is 2.43 bits per heavy atom. The van der Waals surface area contributed by atoms with E-state index in [0.717, 1.165) is 5.56 Å². The van der Waals surface area contributed by atoms with Gasteiger partial charge in [0, 0.05) is 30.6 Å². The van der Waals surface area contributed by atoms with Gasteiger partial charge in [-0.3, -0.25) is 14.6 Å². The minimum absolute atomic E-state index is 0.0790. The molecule has 3 rings (SSSR count). The van der Waals surface area contributed by atoms with Gasteiger partial charge in [0.15, 0.2) is 0 Å². The fourth-order valence-corrected chi connectivity index (χ4v) is 3.51. The molecule has 0 radical (unpaired) electrons. The van der Waals surface area contributed by atoms with Crippen molar-refractivity contribution in [3.05, 3.63) is 87.6 Å². The number of pyridine rings is 2. The Balaban J connectivity index is 2.02. The molecular weight excluding hydrogens is 384 g/mol. The lowest BCUT2D eigenvalue weighted by atomic mass is 9.89. The number of carbonyl (C=O) groups is 1. The van der Waals surface area contributed by atoms with Crippen molar-refractivity contribution in [2.24, 2.45) is 0 Å². The number of phenols is 1. The molecular formula is C23H24N2O5. The normalized spacial score (nSPS) is 11.8. The second-order valence-corrected chi connectivity index (χ2v) is 7.07. The number of rotatable bonds is 7. The van der Waals surface area contributed by atoms with Crippen LogP contribution in [0.15, 0.2) is 59.7 Å². The molecule has 156 valence electrons. The number of aromatic hydroxyl groups is 2. The van der Waals surface area contributed by atoms with Crippen LogP contribution in [0.2, 0.25) is 0 Å². The highest BCUT2D eigenvalue weighted by molar-refractivity contribution is 5.71. The minimum Gasteiger partial charge on any atom is -0.508 e. The summed E-state index contributed by atoms with van der Waals surface area (Å²) in [5, 5.41) is 20.1. The molecule has 3 aromatic rings. The third-order valence-electron chi connectivity index (χ3n) is 5.14. The van der Waals surface area contributed by atoms with Crippen LogP contribution >= 0.6 is 0 Å². The van der Waals surface area contributed by atoms with Crippen LogP contribution in [0, 0.1) is 6.92 Å². The molecule has 7 heteroatoms. The molecule has 7 nitrogen and oxygen atoms in total. The van der Waals surface area contributed by atoms with Crippen LogP contribution in [0.25, 0.3) is 0 Å². The standard InChI is InChI=1S/C23H24N2O5/c1-15-13-20(27)22(19(14-21(28)30-2)17-7-10-24-11-8-17)23(29)25(15)12-9-16-3-5-18(26)6-4-16/h3-8,10-11,13,19,26-27H,9,12,14H2,1-2H3/t19-/m0/s1. The van der Waals surface area contributed by atoms with E-state index in [1.54, 1.807) is 66.3 Å². The number of hydrogen-bond donors (Lipinski definition) is 2. The Bertz CT molecular complexity index is 1080. The van der Waals surface area contributed by atoms with Crippen molar-refractivity contribution in [1.82, 2.24) is 9.55 Å². The Kier molecular flexibility index (Phi) is 6.51. The Morgan fingerprint density at radius 1 is 1.13 bits per heavy atom. The van der Waals surface area contributed by atoms with Crippen molar-refractivity contribution in [1.29, 1.82) is 0 Å². The van der Waals surface area contributed by atoms with Gasteiger partial charge >= 0.3 is 5.97 Å². The van der Waals surface area contributed by atoms with E-state index in [4.69, 9.17) is 4.74 Å². The number of phenolic OH excluding ortho intramolecular Hbond substituents is 1. The van der Waals surface area contributed by atoms with Gasteiger partial charge in [-0.05, 0) is 54.8 Å². The molecule has 0 saturated carbocycles. The second-order valence-electron chi connectivity index (χ2n) is 7.07. The van der Waals surface area contributed by atoms with Gasteiger partial charge in [0.2, 0.25) is 0 Å². The highest BCUT2D eigenvalue weighted by Gasteiger charge is 2.26. The summed E-state index contributed by atoms with van der Waals surface area (Å²) in [4.78, 5) is 29.4. The molecule has 1 atom stereocenters. The van der Waals surface area contributed by atoms with Crippen LogP contribution in [0.3, 0.4) is 0 Å². The van der Waals surface area contributed by atoms with E-state index < -0.39 is 11.9 Å². The van der Waals surface area contributed by atoms with Gasteiger partial charge in [-0.15, -0.1) is 0 Å². The highest BCUT2D eigenvalue weighted by atomic mass is 16.5. The van der Waals surface area contributed by atoms with E-state index in [-0.39, 0.29) is 29.0 Å². The number of benzene rings is 1. The number of methoxy groups -OCH3 is 1. The average Bonchev–Trinajstić information content (AvgIpc) is 2.74. The molecule has 2 heterocycles. The van der Waals surface area contributed by atoms with Gasteiger partial charge in [0.05, 0.1) is 19.1 Å². The largest absolute Gasteiger partial charge is 0.508 e. The van der Waals surface area contributed by atoms with Crippen molar-refractivity contribution >= 4 is 5.97 Å². The first-order valence-corrected chi connectivity index (χ1v) is 9.58. The Hall–Kier alpha value is -3.61. The maximum atomic E-state index is 13.4. The molecule has 0 unspecified atom stereocenters. The number of carbonyl (C=O) groups excluding carboxylic acids is 1. The number of aryl methyl sites for hydroxylation is 2. The van der Waals surface area contributed by atoms with Crippen molar-refractivity contribution in [2.75, 3.05) is 7.11 Å². The zero-order chi connectivity index (χ0) is 21.7. The van der Waals surface area contributed by atoms with Gasteiger partial charge in [-0.2, -0.15) is 0 Å². The molecule has 0 aliphatic heterocycles. The van der Waals surface area contributed by atoms with E-state index in [1.807, 2.05) is 0 Å². The number of hydrogen-bond acceptors (Lipinski definition) is 6. The summed E-state index contributed by atoms with van der Waals surface area (Å²) in [6.45, 7) is 2.15. The number of aromatic nitrogens is 2. The zero-order valence-electron chi connectivity index (χ0n) is 16.9. The monoisotopic (exact) mass is 408 g/mol. The van der Waals surface area contributed by atoms with Crippen LogP contribution in [-0.2, 0) is 22.5 Å². The van der Waals surface area contributed by atoms with Gasteiger partial charge in [-0.25, -0.2) is 0 Å². The van der Waals surface area contributed by atoms with E-state index in [1.165, 1.54) is 7.11 Å². The van der Waals surface area contributed by atoms with E-state index in [0.29, 0.717) is 24.2 Å². The van der Waals surface area contributed by atoms with Crippen molar-refractivity contribution in [2.45, 2.75) is 32.2 Å². The molecule has 0 fully saturated rings. The Morgan fingerprint density at radius 2 is 1.80 bits per heavy atom. The van der Waals surface area contributed by atoms with Gasteiger partial charge in [0.25, 0.3) is 5.56 Å². The topological polar surface area (TPSA) is 102 Å². The van der Waals surface area contributed by atoms with Crippen LogP contribution in [0.4, 0.5) is 0 Å². The van der Waals surface area contributed by atoms with Gasteiger partial charge < -0.3 is 19.5 Å². The fourth-order valence-electron chi connectivity index (χ4n) is 3.51. The first kappa shape index (κ1) is 21.1. The smallest absolute Gasteiger partial charge is 0.306 e. The van der Waals surface area contributed by atoms with Crippen molar-refractivity contribution in [3.8, 4) is 11.5 Å². The molecule has 0 aliphatic rings. The van der Waals surface area contributed by atoms with E-state index in [9.17, 15) is 19.8 Å².